The van der Waals surface area contributed by atoms with Crippen molar-refractivity contribution < 1.29 is 22.7 Å². The number of hydrogen-bond donors (Lipinski definition) is 1. The molecule has 4 nitrogen and oxygen atoms in total. The van der Waals surface area contributed by atoms with E-state index in [1.165, 1.54) is 6.07 Å². The summed E-state index contributed by atoms with van der Waals surface area (Å²) in [5.41, 5.74) is -0.912. The van der Waals surface area contributed by atoms with Crippen LogP contribution < -0.4 is 0 Å². The highest BCUT2D eigenvalue weighted by Gasteiger charge is 2.41. The monoisotopic (exact) mass is 300 g/mol. The Bertz CT molecular complexity index is 631. The second-order valence-electron chi connectivity index (χ2n) is 5.40. The van der Waals surface area contributed by atoms with Crippen LogP contribution in [0.25, 0.3) is 0 Å². The van der Waals surface area contributed by atoms with Gasteiger partial charge in [-0.3, -0.25) is 4.79 Å². The van der Waals surface area contributed by atoms with Crippen LogP contribution in [0.1, 0.15) is 37.7 Å². The Morgan fingerprint density at radius 1 is 1.20 bits per heavy atom. The molecule has 1 fully saturated rings. The van der Waals surface area contributed by atoms with Crippen LogP contribution in [0, 0.1) is 5.82 Å². The minimum absolute atomic E-state index is 0.168. The quantitative estimate of drug-likeness (QED) is 0.931. The van der Waals surface area contributed by atoms with E-state index in [0.717, 1.165) is 37.7 Å². The molecule has 0 radical (unpaired) electrons. The Balaban J connectivity index is 2.60. The lowest BCUT2D eigenvalue weighted by molar-refractivity contribution is -0.145. The maximum absolute atomic E-state index is 13.7. The number of halogens is 1. The number of benzene rings is 1. The zero-order valence-corrected chi connectivity index (χ0v) is 12.0. The molecule has 1 N–H and O–H groups in total. The summed E-state index contributed by atoms with van der Waals surface area (Å²) in [5, 5.41) is 9.55. The number of rotatable bonds is 3. The third-order valence-corrected chi connectivity index (χ3v) is 5.06. The summed E-state index contributed by atoms with van der Waals surface area (Å²) in [5.74, 6) is -1.73. The number of hydrogen-bond acceptors (Lipinski definition) is 3. The van der Waals surface area contributed by atoms with Crippen molar-refractivity contribution >= 4 is 15.8 Å². The number of sulfone groups is 1. The van der Waals surface area contributed by atoms with Crippen molar-refractivity contribution in [1.29, 1.82) is 0 Å². The van der Waals surface area contributed by atoms with E-state index in [9.17, 15) is 22.7 Å². The zero-order valence-electron chi connectivity index (χ0n) is 11.2. The highest BCUT2D eigenvalue weighted by Crippen LogP contribution is 2.40. The fraction of sp³-hybridized carbons (Fsp3) is 0.500. The number of carboxylic acid groups (broad SMARTS) is 1. The molecule has 0 aromatic heterocycles. The molecule has 0 saturated heterocycles. The molecule has 0 aliphatic heterocycles. The Labute approximate surface area is 117 Å². The van der Waals surface area contributed by atoms with Crippen LogP contribution in [0.5, 0.6) is 0 Å². The topological polar surface area (TPSA) is 71.4 Å². The molecule has 6 heteroatoms. The SMILES string of the molecule is CS(=O)(=O)c1cc(F)cc(C2(C(=O)O)CCCCC2)c1. The van der Waals surface area contributed by atoms with Gasteiger partial charge in [-0.2, -0.15) is 0 Å². The Hall–Kier alpha value is -1.43. The molecule has 0 unspecified atom stereocenters. The van der Waals surface area contributed by atoms with Crippen LogP contribution in [0.4, 0.5) is 4.39 Å². The second-order valence-corrected chi connectivity index (χ2v) is 7.41. The molecule has 110 valence electrons. The zero-order chi connectivity index (χ0) is 15.0. The molecule has 1 aliphatic rings. The van der Waals surface area contributed by atoms with E-state index in [-0.39, 0.29) is 10.5 Å². The van der Waals surface area contributed by atoms with Gasteiger partial charge in [0.1, 0.15) is 5.82 Å². The van der Waals surface area contributed by atoms with Crippen molar-refractivity contribution in [2.45, 2.75) is 42.4 Å². The summed E-state index contributed by atoms with van der Waals surface area (Å²) < 4.78 is 36.8. The summed E-state index contributed by atoms with van der Waals surface area (Å²) >= 11 is 0. The van der Waals surface area contributed by atoms with E-state index >= 15 is 0 Å². The van der Waals surface area contributed by atoms with Gasteiger partial charge in [0.15, 0.2) is 9.84 Å². The van der Waals surface area contributed by atoms with Crippen molar-refractivity contribution in [1.82, 2.24) is 0 Å². The lowest BCUT2D eigenvalue weighted by Gasteiger charge is -2.33. The average Bonchev–Trinajstić information content (AvgIpc) is 2.37. The minimum Gasteiger partial charge on any atom is -0.481 e. The predicted octanol–water partition coefficient (Wildman–Crippen LogP) is 2.52. The van der Waals surface area contributed by atoms with Gasteiger partial charge in [-0.05, 0) is 36.6 Å². The molecule has 1 aromatic carbocycles. The maximum Gasteiger partial charge on any atom is 0.314 e. The van der Waals surface area contributed by atoms with Gasteiger partial charge in [-0.15, -0.1) is 0 Å². The van der Waals surface area contributed by atoms with Crippen molar-refractivity contribution in [3.05, 3.63) is 29.6 Å². The first-order valence-corrected chi connectivity index (χ1v) is 8.39. The largest absolute Gasteiger partial charge is 0.481 e. The third kappa shape index (κ3) is 2.70. The third-order valence-electron chi connectivity index (χ3n) is 3.97. The summed E-state index contributed by atoms with van der Waals surface area (Å²) in [6.45, 7) is 0. The Morgan fingerprint density at radius 2 is 1.80 bits per heavy atom. The van der Waals surface area contributed by atoms with Crippen LogP contribution in [-0.2, 0) is 20.0 Å². The van der Waals surface area contributed by atoms with Crippen LogP contribution in [0.3, 0.4) is 0 Å². The molecule has 0 spiro atoms. The molecule has 1 saturated carbocycles. The lowest BCUT2D eigenvalue weighted by Crippen LogP contribution is -2.38. The molecule has 1 aromatic rings. The van der Waals surface area contributed by atoms with Crippen LogP contribution in [-0.4, -0.2) is 25.7 Å². The fourth-order valence-corrected chi connectivity index (χ4v) is 3.50. The number of aliphatic carboxylic acids is 1. The molecule has 1 aliphatic carbocycles. The van der Waals surface area contributed by atoms with E-state index in [4.69, 9.17) is 0 Å². The first-order valence-electron chi connectivity index (χ1n) is 6.50. The maximum atomic E-state index is 13.7. The first-order chi connectivity index (χ1) is 9.25. The van der Waals surface area contributed by atoms with Gasteiger partial charge in [-0.1, -0.05) is 19.3 Å². The van der Waals surface area contributed by atoms with Crippen molar-refractivity contribution in [3.8, 4) is 0 Å². The van der Waals surface area contributed by atoms with Gasteiger partial charge in [0.25, 0.3) is 0 Å². The van der Waals surface area contributed by atoms with E-state index in [2.05, 4.69) is 0 Å². The van der Waals surface area contributed by atoms with E-state index in [1.54, 1.807) is 0 Å². The van der Waals surface area contributed by atoms with Crippen molar-refractivity contribution in [2.24, 2.45) is 0 Å². The van der Waals surface area contributed by atoms with Gasteiger partial charge in [0.05, 0.1) is 10.3 Å². The van der Waals surface area contributed by atoms with Crippen molar-refractivity contribution in [3.63, 3.8) is 0 Å². The average molecular weight is 300 g/mol. The summed E-state index contributed by atoms with van der Waals surface area (Å²) in [4.78, 5) is 11.5. The minimum atomic E-state index is -3.57. The highest BCUT2D eigenvalue weighted by molar-refractivity contribution is 7.90. The molecule has 0 heterocycles. The van der Waals surface area contributed by atoms with Gasteiger partial charge in [0, 0.05) is 6.26 Å². The van der Waals surface area contributed by atoms with Crippen LogP contribution in [0.2, 0.25) is 0 Å². The Morgan fingerprint density at radius 3 is 2.30 bits per heavy atom. The van der Waals surface area contributed by atoms with Crippen molar-refractivity contribution in [2.75, 3.05) is 6.26 Å². The highest BCUT2D eigenvalue weighted by atomic mass is 32.2. The fourth-order valence-electron chi connectivity index (χ4n) is 2.83. The molecule has 0 atom stereocenters. The Kier molecular flexibility index (Phi) is 3.86. The van der Waals surface area contributed by atoms with Gasteiger partial charge in [0.2, 0.25) is 0 Å². The number of carbonyl (C=O) groups is 1. The molecule has 0 bridgehead atoms. The lowest BCUT2D eigenvalue weighted by atomic mass is 9.69. The summed E-state index contributed by atoms with van der Waals surface area (Å²) in [7, 11) is -3.57. The molecular formula is C14H17FO4S. The molecular weight excluding hydrogens is 283 g/mol. The summed E-state index contributed by atoms with van der Waals surface area (Å²) in [6, 6.07) is 3.38. The first kappa shape index (κ1) is 15.0. The molecule has 0 amide bonds. The van der Waals surface area contributed by atoms with Crippen LogP contribution >= 0.6 is 0 Å². The van der Waals surface area contributed by atoms with Gasteiger partial charge < -0.3 is 5.11 Å². The predicted molar refractivity (Wildman–Crippen MR) is 71.9 cm³/mol. The van der Waals surface area contributed by atoms with Gasteiger partial charge >= 0.3 is 5.97 Å². The van der Waals surface area contributed by atoms with E-state index in [0.29, 0.717) is 12.8 Å². The van der Waals surface area contributed by atoms with Gasteiger partial charge in [-0.25, -0.2) is 12.8 Å². The standard InChI is InChI=1S/C14H17FO4S/c1-20(18,19)12-8-10(7-11(15)9-12)14(13(16)17)5-3-2-4-6-14/h7-9H,2-6H2,1H3,(H,16,17). The smallest absolute Gasteiger partial charge is 0.314 e. The van der Waals surface area contributed by atoms with E-state index < -0.39 is 27.0 Å². The number of carboxylic acids is 1. The molecule has 2 rings (SSSR count). The normalized spacial score (nSPS) is 18.7. The summed E-state index contributed by atoms with van der Waals surface area (Å²) in [6.07, 6.45) is 4.25. The van der Waals surface area contributed by atoms with E-state index in [1.807, 2.05) is 0 Å². The van der Waals surface area contributed by atoms with Crippen LogP contribution in [0.15, 0.2) is 23.1 Å². The second kappa shape index (κ2) is 5.16. The molecule has 20 heavy (non-hydrogen) atoms.